The van der Waals surface area contributed by atoms with Gasteiger partial charge >= 0.3 is 0 Å². The summed E-state index contributed by atoms with van der Waals surface area (Å²) in [5.74, 6) is 0. The molecule has 0 heterocycles. The van der Waals surface area contributed by atoms with Crippen LogP contribution in [0.2, 0.25) is 0 Å². The third-order valence-corrected chi connectivity index (χ3v) is 2.43. The maximum atomic E-state index is 6.10. The van der Waals surface area contributed by atoms with Crippen molar-refractivity contribution in [2.45, 2.75) is 64.2 Å². The summed E-state index contributed by atoms with van der Waals surface area (Å²) in [5.41, 5.74) is 0. The third-order valence-electron chi connectivity index (χ3n) is 1.99. The predicted molar refractivity (Wildman–Crippen MR) is 53.3 cm³/mol. The molecule has 0 saturated heterocycles. The van der Waals surface area contributed by atoms with E-state index in [1.54, 1.807) is 0 Å². The SMILES string of the molecule is CCCCC[C@H](Cl)CCCC. The normalized spacial score (nSPS) is 13.4. The Morgan fingerprint density at radius 3 is 2.00 bits per heavy atom. The molecule has 0 rings (SSSR count). The predicted octanol–water partition coefficient (Wildman–Crippen LogP) is 4.36. The van der Waals surface area contributed by atoms with Crippen LogP contribution in [0.4, 0.5) is 0 Å². The molecule has 0 aromatic rings. The molecular formula is C10H21Cl. The molecule has 0 aromatic heterocycles. The molecule has 0 saturated carbocycles. The monoisotopic (exact) mass is 176 g/mol. The van der Waals surface area contributed by atoms with E-state index in [2.05, 4.69) is 13.8 Å². The van der Waals surface area contributed by atoms with Crippen LogP contribution in [0.3, 0.4) is 0 Å². The van der Waals surface area contributed by atoms with Gasteiger partial charge in [-0.1, -0.05) is 46.0 Å². The summed E-state index contributed by atoms with van der Waals surface area (Å²) >= 11 is 6.10. The quantitative estimate of drug-likeness (QED) is 0.399. The summed E-state index contributed by atoms with van der Waals surface area (Å²) in [6.45, 7) is 4.45. The molecule has 11 heavy (non-hydrogen) atoms. The van der Waals surface area contributed by atoms with E-state index in [0.717, 1.165) is 0 Å². The van der Waals surface area contributed by atoms with E-state index in [1.807, 2.05) is 0 Å². The van der Waals surface area contributed by atoms with Crippen LogP contribution in [-0.4, -0.2) is 5.38 Å². The number of alkyl halides is 1. The highest BCUT2D eigenvalue weighted by atomic mass is 35.5. The summed E-state index contributed by atoms with van der Waals surface area (Å²) in [6, 6.07) is 0. The van der Waals surface area contributed by atoms with Gasteiger partial charge < -0.3 is 0 Å². The molecule has 0 aliphatic heterocycles. The van der Waals surface area contributed by atoms with E-state index in [4.69, 9.17) is 11.6 Å². The van der Waals surface area contributed by atoms with Gasteiger partial charge in [0.2, 0.25) is 0 Å². The molecule has 0 spiro atoms. The van der Waals surface area contributed by atoms with Crippen molar-refractivity contribution in [3.8, 4) is 0 Å². The number of rotatable bonds is 7. The second-order valence-electron chi connectivity index (χ2n) is 3.24. The maximum Gasteiger partial charge on any atom is 0.0336 e. The lowest BCUT2D eigenvalue weighted by atomic mass is 10.1. The molecule has 1 heteroatoms. The molecule has 0 aromatic carbocycles. The summed E-state index contributed by atoms with van der Waals surface area (Å²) in [6.07, 6.45) is 8.95. The lowest BCUT2D eigenvalue weighted by Gasteiger charge is -2.06. The largest absolute Gasteiger partial charge is 0.123 e. The zero-order valence-electron chi connectivity index (χ0n) is 7.91. The number of halogens is 1. The number of unbranched alkanes of at least 4 members (excludes halogenated alkanes) is 3. The standard InChI is InChI=1S/C10H21Cl/c1-3-5-7-9-10(11)8-6-4-2/h10H,3-9H2,1-2H3/t10-/m1/s1. The van der Waals surface area contributed by atoms with Gasteiger partial charge in [0, 0.05) is 5.38 Å². The molecule has 0 amide bonds. The first-order valence-corrected chi connectivity index (χ1v) is 5.39. The van der Waals surface area contributed by atoms with Gasteiger partial charge in [-0.25, -0.2) is 0 Å². The molecule has 0 bridgehead atoms. The van der Waals surface area contributed by atoms with Gasteiger partial charge in [-0.05, 0) is 12.8 Å². The van der Waals surface area contributed by atoms with Crippen molar-refractivity contribution in [2.24, 2.45) is 0 Å². The van der Waals surface area contributed by atoms with Crippen LogP contribution >= 0.6 is 11.6 Å². The van der Waals surface area contributed by atoms with Gasteiger partial charge in [0.05, 0.1) is 0 Å². The van der Waals surface area contributed by atoms with Gasteiger partial charge in [-0.2, -0.15) is 0 Å². The van der Waals surface area contributed by atoms with E-state index < -0.39 is 0 Å². The fourth-order valence-electron chi connectivity index (χ4n) is 1.19. The molecule has 0 radical (unpaired) electrons. The number of hydrogen-bond acceptors (Lipinski definition) is 0. The summed E-state index contributed by atoms with van der Waals surface area (Å²) in [7, 11) is 0. The topological polar surface area (TPSA) is 0 Å². The molecule has 0 aliphatic carbocycles. The average molecular weight is 177 g/mol. The van der Waals surface area contributed by atoms with Crippen LogP contribution in [0.25, 0.3) is 0 Å². The second kappa shape index (κ2) is 8.39. The van der Waals surface area contributed by atoms with Gasteiger partial charge in [0.25, 0.3) is 0 Å². The Morgan fingerprint density at radius 2 is 1.45 bits per heavy atom. The van der Waals surface area contributed by atoms with Crippen LogP contribution in [-0.2, 0) is 0 Å². The van der Waals surface area contributed by atoms with Crippen LogP contribution in [0.15, 0.2) is 0 Å². The smallest absolute Gasteiger partial charge is 0.0336 e. The van der Waals surface area contributed by atoms with Crippen molar-refractivity contribution < 1.29 is 0 Å². The minimum atomic E-state index is 0.446. The van der Waals surface area contributed by atoms with E-state index in [9.17, 15) is 0 Å². The minimum absolute atomic E-state index is 0.446. The van der Waals surface area contributed by atoms with E-state index in [-0.39, 0.29) is 0 Å². The highest BCUT2D eigenvalue weighted by Gasteiger charge is 2.01. The Hall–Kier alpha value is 0.290. The van der Waals surface area contributed by atoms with Crippen molar-refractivity contribution in [3.05, 3.63) is 0 Å². The Bertz CT molecular complexity index is 71.3. The fraction of sp³-hybridized carbons (Fsp3) is 1.00. The lowest BCUT2D eigenvalue weighted by molar-refractivity contribution is 0.592. The van der Waals surface area contributed by atoms with E-state index in [0.29, 0.717) is 5.38 Å². The molecule has 0 aliphatic rings. The van der Waals surface area contributed by atoms with Gasteiger partial charge in [-0.15, -0.1) is 11.6 Å². The fourth-order valence-corrected chi connectivity index (χ4v) is 1.49. The van der Waals surface area contributed by atoms with Crippen LogP contribution < -0.4 is 0 Å². The van der Waals surface area contributed by atoms with Gasteiger partial charge in [-0.3, -0.25) is 0 Å². The first-order chi connectivity index (χ1) is 5.31. The third kappa shape index (κ3) is 8.19. The molecular weight excluding hydrogens is 156 g/mol. The van der Waals surface area contributed by atoms with Crippen molar-refractivity contribution in [3.63, 3.8) is 0 Å². The minimum Gasteiger partial charge on any atom is -0.123 e. The Labute approximate surface area is 76.3 Å². The first kappa shape index (κ1) is 11.3. The van der Waals surface area contributed by atoms with Crippen molar-refractivity contribution in [1.29, 1.82) is 0 Å². The number of hydrogen-bond donors (Lipinski definition) is 0. The van der Waals surface area contributed by atoms with E-state index in [1.165, 1.54) is 44.9 Å². The molecule has 0 nitrogen and oxygen atoms in total. The Morgan fingerprint density at radius 1 is 0.909 bits per heavy atom. The average Bonchev–Trinajstić information content (AvgIpc) is 2.01. The molecule has 0 N–H and O–H groups in total. The molecule has 0 fully saturated rings. The van der Waals surface area contributed by atoms with E-state index >= 15 is 0 Å². The zero-order chi connectivity index (χ0) is 8.53. The van der Waals surface area contributed by atoms with Crippen molar-refractivity contribution in [2.75, 3.05) is 0 Å². The van der Waals surface area contributed by atoms with Gasteiger partial charge in [0.1, 0.15) is 0 Å². The summed E-state index contributed by atoms with van der Waals surface area (Å²) in [5, 5.41) is 0.446. The van der Waals surface area contributed by atoms with Crippen LogP contribution in [0.5, 0.6) is 0 Å². The summed E-state index contributed by atoms with van der Waals surface area (Å²) in [4.78, 5) is 0. The second-order valence-corrected chi connectivity index (χ2v) is 3.85. The zero-order valence-corrected chi connectivity index (χ0v) is 8.66. The van der Waals surface area contributed by atoms with Crippen LogP contribution in [0, 0.1) is 0 Å². The molecule has 1 atom stereocenters. The lowest BCUT2D eigenvalue weighted by Crippen LogP contribution is -1.97. The van der Waals surface area contributed by atoms with Crippen LogP contribution in [0.1, 0.15) is 58.8 Å². The maximum absolute atomic E-state index is 6.10. The summed E-state index contributed by atoms with van der Waals surface area (Å²) < 4.78 is 0. The Balaban J connectivity index is 3.02. The van der Waals surface area contributed by atoms with Crippen molar-refractivity contribution in [1.82, 2.24) is 0 Å². The first-order valence-electron chi connectivity index (χ1n) is 4.95. The van der Waals surface area contributed by atoms with Gasteiger partial charge in [0.15, 0.2) is 0 Å². The highest BCUT2D eigenvalue weighted by molar-refractivity contribution is 6.20. The molecule has 68 valence electrons. The highest BCUT2D eigenvalue weighted by Crippen LogP contribution is 2.14. The van der Waals surface area contributed by atoms with Crippen molar-refractivity contribution >= 4 is 11.6 Å². The Kier molecular flexibility index (Phi) is 8.61. The molecule has 0 unspecified atom stereocenters.